The van der Waals surface area contributed by atoms with Crippen LogP contribution in [0, 0.1) is 3.57 Å². The van der Waals surface area contributed by atoms with Crippen molar-refractivity contribution in [2.45, 2.75) is 20.1 Å². The molecule has 3 aromatic rings. The normalized spacial score (nSPS) is 14.6. The van der Waals surface area contributed by atoms with Crippen molar-refractivity contribution in [1.82, 2.24) is 10.2 Å². The van der Waals surface area contributed by atoms with Gasteiger partial charge in [0.1, 0.15) is 17.9 Å². The Labute approximate surface area is 225 Å². The summed E-state index contributed by atoms with van der Waals surface area (Å²) in [5, 5.41) is 11.4. The minimum absolute atomic E-state index is 0.0996. The van der Waals surface area contributed by atoms with E-state index in [1.807, 2.05) is 22.6 Å². The number of carbonyl (C=O) groups excluding carboxylic acids is 3. The molecule has 1 aromatic heterocycles. The lowest BCUT2D eigenvalue weighted by atomic mass is 10.1. The van der Waals surface area contributed by atoms with Gasteiger partial charge in [-0.15, -0.1) is 0 Å². The summed E-state index contributed by atoms with van der Waals surface area (Å²) >= 11 is 2.05. The predicted octanol–water partition coefficient (Wildman–Crippen LogP) is 4.22. The van der Waals surface area contributed by atoms with E-state index in [1.54, 1.807) is 43.3 Å². The number of amides is 4. The standard InChI is InChI=1S/C26H21IN2O8/c1-2-35-21-12-16(11-20(27)22(21)37-14-15-5-3-6-17(9-15)25(32)33)10-19-23(30)28-26(34)29(24(19)31)13-18-7-4-8-36-18/h3-12H,2,13-14H2,1H3,(H,32,33)(H,28,30,34)/b19-10+. The fraction of sp³-hybridized carbons (Fsp3) is 0.154. The van der Waals surface area contributed by atoms with E-state index in [2.05, 4.69) is 5.32 Å². The Morgan fingerprint density at radius 2 is 1.95 bits per heavy atom. The summed E-state index contributed by atoms with van der Waals surface area (Å²) in [5.74, 6) is -1.40. The Kier molecular flexibility index (Phi) is 7.92. The van der Waals surface area contributed by atoms with Gasteiger partial charge in [-0.05, 0) is 83.1 Å². The number of carbonyl (C=O) groups is 4. The molecule has 0 radical (unpaired) electrons. The molecule has 1 aliphatic rings. The van der Waals surface area contributed by atoms with Crippen molar-refractivity contribution in [2.24, 2.45) is 0 Å². The minimum Gasteiger partial charge on any atom is -0.490 e. The third-order valence-corrected chi connectivity index (χ3v) is 6.08. The van der Waals surface area contributed by atoms with Crippen molar-refractivity contribution < 1.29 is 38.2 Å². The number of benzene rings is 2. The lowest BCUT2D eigenvalue weighted by Gasteiger charge is -2.25. The molecule has 1 fully saturated rings. The van der Waals surface area contributed by atoms with Crippen molar-refractivity contribution in [3.8, 4) is 11.5 Å². The van der Waals surface area contributed by atoms with Gasteiger partial charge in [0.25, 0.3) is 11.8 Å². The lowest BCUT2D eigenvalue weighted by Crippen LogP contribution is -2.53. The molecule has 0 spiro atoms. The van der Waals surface area contributed by atoms with E-state index in [0.29, 0.717) is 38.6 Å². The van der Waals surface area contributed by atoms with Crippen molar-refractivity contribution in [3.05, 3.63) is 86.4 Å². The van der Waals surface area contributed by atoms with Crippen LogP contribution in [0.3, 0.4) is 0 Å². The third kappa shape index (κ3) is 6.00. The summed E-state index contributed by atoms with van der Waals surface area (Å²) < 4.78 is 17.6. The van der Waals surface area contributed by atoms with Crippen LogP contribution in [0.4, 0.5) is 4.79 Å². The van der Waals surface area contributed by atoms with Crippen LogP contribution in [0.1, 0.15) is 34.2 Å². The van der Waals surface area contributed by atoms with E-state index in [4.69, 9.17) is 13.9 Å². The molecular formula is C26H21IN2O8. The molecule has 0 aliphatic carbocycles. The van der Waals surface area contributed by atoms with Crippen LogP contribution in [-0.2, 0) is 22.7 Å². The molecule has 11 heteroatoms. The first-order valence-corrected chi connectivity index (χ1v) is 12.2. The van der Waals surface area contributed by atoms with Crippen LogP contribution >= 0.6 is 22.6 Å². The molecule has 4 amide bonds. The SMILES string of the molecule is CCOc1cc(/C=C2\C(=O)NC(=O)N(Cc3ccco3)C2=O)cc(I)c1OCc1cccc(C(=O)O)c1. The molecule has 2 heterocycles. The topological polar surface area (TPSA) is 135 Å². The summed E-state index contributed by atoms with van der Waals surface area (Å²) in [6, 6.07) is 12.2. The fourth-order valence-electron chi connectivity index (χ4n) is 3.59. The smallest absolute Gasteiger partial charge is 0.335 e. The molecule has 0 atom stereocenters. The zero-order valence-electron chi connectivity index (χ0n) is 19.5. The number of imide groups is 2. The highest BCUT2D eigenvalue weighted by atomic mass is 127. The van der Waals surface area contributed by atoms with Gasteiger partial charge in [0, 0.05) is 0 Å². The van der Waals surface area contributed by atoms with Crippen molar-refractivity contribution in [2.75, 3.05) is 6.61 Å². The maximum Gasteiger partial charge on any atom is 0.335 e. The molecule has 0 unspecified atom stereocenters. The van der Waals surface area contributed by atoms with Gasteiger partial charge < -0.3 is 19.0 Å². The van der Waals surface area contributed by atoms with Crippen LogP contribution in [0.15, 0.2) is 64.8 Å². The van der Waals surface area contributed by atoms with Gasteiger partial charge in [-0.3, -0.25) is 19.8 Å². The summed E-state index contributed by atoms with van der Waals surface area (Å²) in [6.45, 7) is 2.10. The number of barbiturate groups is 1. The van der Waals surface area contributed by atoms with Crippen molar-refractivity contribution in [3.63, 3.8) is 0 Å². The number of carboxylic acid groups (broad SMARTS) is 1. The predicted molar refractivity (Wildman–Crippen MR) is 139 cm³/mol. The highest BCUT2D eigenvalue weighted by Crippen LogP contribution is 2.36. The number of hydrogen-bond acceptors (Lipinski definition) is 7. The summed E-state index contributed by atoms with van der Waals surface area (Å²) in [5.41, 5.74) is 1.08. The van der Waals surface area contributed by atoms with Gasteiger partial charge in [0.15, 0.2) is 11.5 Å². The first kappa shape index (κ1) is 25.9. The highest BCUT2D eigenvalue weighted by molar-refractivity contribution is 14.1. The maximum atomic E-state index is 13.0. The van der Waals surface area contributed by atoms with E-state index in [0.717, 1.165) is 4.90 Å². The van der Waals surface area contributed by atoms with Crippen LogP contribution in [0.5, 0.6) is 11.5 Å². The first-order valence-electron chi connectivity index (χ1n) is 11.1. The molecule has 10 nitrogen and oxygen atoms in total. The molecule has 4 rings (SSSR count). The van der Waals surface area contributed by atoms with Gasteiger partial charge in [0.05, 0.1) is 28.5 Å². The zero-order chi connectivity index (χ0) is 26.5. The number of hydrogen-bond donors (Lipinski definition) is 2. The number of urea groups is 1. The van der Waals surface area contributed by atoms with Crippen LogP contribution < -0.4 is 14.8 Å². The molecule has 0 saturated carbocycles. The Morgan fingerprint density at radius 1 is 1.14 bits per heavy atom. The summed E-state index contributed by atoms with van der Waals surface area (Å²) in [4.78, 5) is 49.9. The number of halogens is 1. The van der Waals surface area contributed by atoms with Crippen LogP contribution in [0.2, 0.25) is 0 Å². The zero-order valence-corrected chi connectivity index (χ0v) is 21.7. The monoisotopic (exact) mass is 616 g/mol. The molecule has 2 N–H and O–H groups in total. The number of furan rings is 1. The van der Waals surface area contributed by atoms with Gasteiger partial charge in [-0.1, -0.05) is 12.1 Å². The highest BCUT2D eigenvalue weighted by Gasteiger charge is 2.36. The molecular weight excluding hydrogens is 595 g/mol. The Balaban J connectivity index is 1.61. The van der Waals surface area contributed by atoms with Gasteiger partial charge in [-0.2, -0.15) is 0 Å². The number of rotatable bonds is 9. The quantitative estimate of drug-likeness (QED) is 0.207. The van der Waals surface area contributed by atoms with Gasteiger partial charge >= 0.3 is 12.0 Å². The van der Waals surface area contributed by atoms with Gasteiger partial charge in [-0.25, -0.2) is 9.59 Å². The largest absolute Gasteiger partial charge is 0.490 e. The van der Waals surface area contributed by atoms with E-state index in [1.165, 1.54) is 24.5 Å². The second-order valence-electron chi connectivity index (χ2n) is 7.85. The molecule has 37 heavy (non-hydrogen) atoms. The first-order chi connectivity index (χ1) is 17.8. The number of aromatic carboxylic acids is 1. The molecule has 0 bridgehead atoms. The average molecular weight is 616 g/mol. The molecule has 1 aliphatic heterocycles. The Bertz CT molecular complexity index is 1400. The lowest BCUT2D eigenvalue weighted by molar-refractivity contribution is -0.130. The van der Waals surface area contributed by atoms with Gasteiger partial charge in [0.2, 0.25) is 0 Å². The average Bonchev–Trinajstić information content (AvgIpc) is 3.37. The number of carboxylic acids is 1. The molecule has 190 valence electrons. The summed E-state index contributed by atoms with van der Waals surface area (Å²) in [6.07, 6.45) is 2.80. The van der Waals surface area contributed by atoms with Crippen LogP contribution in [-0.4, -0.2) is 40.4 Å². The second kappa shape index (κ2) is 11.3. The third-order valence-electron chi connectivity index (χ3n) is 5.28. The van der Waals surface area contributed by atoms with Crippen molar-refractivity contribution >= 4 is 52.5 Å². The van der Waals surface area contributed by atoms with E-state index < -0.39 is 23.8 Å². The van der Waals surface area contributed by atoms with Crippen molar-refractivity contribution in [1.29, 1.82) is 0 Å². The Hall–Kier alpha value is -4.13. The minimum atomic E-state index is -1.03. The Morgan fingerprint density at radius 3 is 2.65 bits per heavy atom. The van der Waals surface area contributed by atoms with Crippen LogP contribution in [0.25, 0.3) is 6.08 Å². The second-order valence-corrected chi connectivity index (χ2v) is 9.01. The summed E-state index contributed by atoms with van der Waals surface area (Å²) in [7, 11) is 0. The van der Waals surface area contributed by atoms with E-state index in [-0.39, 0.29) is 24.3 Å². The fourth-order valence-corrected chi connectivity index (χ4v) is 4.37. The maximum absolute atomic E-state index is 13.0. The molecule has 2 aromatic carbocycles. The molecule has 1 saturated heterocycles. The van der Waals surface area contributed by atoms with E-state index in [9.17, 15) is 24.3 Å². The number of ether oxygens (including phenoxy) is 2. The number of nitrogens with zero attached hydrogens (tertiary/aromatic N) is 1. The number of nitrogens with one attached hydrogen (secondary N) is 1. The van der Waals surface area contributed by atoms with E-state index >= 15 is 0 Å².